The van der Waals surface area contributed by atoms with Crippen LogP contribution in [0.5, 0.6) is 5.75 Å². The molecule has 0 unspecified atom stereocenters. The number of hydrogen-bond acceptors (Lipinski definition) is 6. The molecule has 0 spiro atoms. The van der Waals surface area contributed by atoms with Crippen molar-refractivity contribution in [3.05, 3.63) is 65.2 Å². The van der Waals surface area contributed by atoms with E-state index in [1.54, 1.807) is 23.9 Å². The van der Waals surface area contributed by atoms with Crippen LogP contribution in [0.25, 0.3) is 22.3 Å². The molecule has 4 aromatic rings. The largest absolute Gasteiger partial charge is 0.493 e. The maximum absolute atomic E-state index is 14.0. The van der Waals surface area contributed by atoms with Gasteiger partial charge in [-0.15, -0.1) is 0 Å². The molecule has 5 rings (SSSR count). The predicted octanol–water partition coefficient (Wildman–Crippen LogP) is 6.26. The van der Waals surface area contributed by atoms with E-state index in [1.807, 2.05) is 18.2 Å². The van der Waals surface area contributed by atoms with Crippen molar-refractivity contribution in [3.8, 4) is 23.1 Å². The second-order valence-electron chi connectivity index (χ2n) is 9.30. The third-order valence-corrected chi connectivity index (χ3v) is 7.06. The number of hydrogen-bond donors (Lipinski definition) is 0. The molecule has 0 aliphatic carbocycles. The quantitative estimate of drug-likeness (QED) is 0.287. The van der Waals surface area contributed by atoms with Crippen molar-refractivity contribution < 1.29 is 17.9 Å². The highest BCUT2D eigenvalue weighted by Gasteiger charge is 2.35. The summed E-state index contributed by atoms with van der Waals surface area (Å²) < 4.78 is 49.3. The smallest absolute Gasteiger partial charge is 0.419 e. The molecule has 196 valence electrons. The number of fused-ring (bicyclic) bond motifs is 1. The zero-order chi connectivity index (χ0) is 26.9. The fourth-order valence-electron chi connectivity index (χ4n) is 4.73. The minimum atomic E-state index is -4.61. The highest BCUT2D eigenvalue weighted by atomic mass is 35.5. The lowest BCUT2D eigenvalue weighted by Gasteiger charge is -2.32. The summed E-state index contributed by atoms with van der Waals surface area (Å²) in [7, 11) is 1.75. The molecule has 1 aliphatic rings. The molecule has 0 saturated carbocycles. The van der Waals surface area contributed by atoms with E-state index in [0.29, 0.717) is 28.4 Å². The molecule has 0 amide bonds. The van der Waals surface area contributed by atoms with Crippen LogP contribution >= 0.6 is 11.6 Å². The Morgan fingerprint density at radius 3 is 2.61 bits per heavy atom. The number of nitriles is 1. The summed E-state index contributed by atoms with van der Waals surface area (Å²) >= 11 is 5.91. The molecular weight excluding hydrogens is 517 g/mol. The molecule has 1 fully saturated rings. The van der Waals surface area contributed by atoms with E-state index >= 15 is 0 Å². The van der Waals surface area contributed by atoms with Crippen LogP contribution in [0.15, 0.2) is 48.9 Å². The number of piperidine rings is 1. The molecule has 38 heavy (non-hydrogen) atoms. The molecular formula is C27H24ClF3N6O. The molecule has 4 heterocycles. The van der Waals surface area contributed by atoms with E-state index in [9.17, 15) is 18.4 Å². The number of halogens is 4. The first-order chi connectivity index (χ1) is 18.2. The normalized spacial score (nSPS) is 14.6. The van der Waals surface area contributed by atoms with Crippen molar-refractivity contribution in [1.82, 2.24) is 19.5 Å². The Balaban J connectivity index is 1.27. The zero-order valence-electron chi connectivity index (χ0n) is 20.5. The van der Waals surface area contributed by atoms with Gasteiger partial charge in [-0.2, -0.15) is 18.4 Å². The number of rotatable bonds is 6. The summed E-state index contributed by atoms with van der Waals surface area (Å²) in [5.41, 5.74) is 0.710. The van der Waals surface area contributed by atoms with Gasteiger partial charge < -0.3 is 14.2 Å². The van der Waals surface area contributed by atoms with Crippen molar-refractivity contribution >= 4 is 28.5 Å². The highest BCUT2D eigenvalue weighted by molar-refractivity contribution is 6.30. The third-order valence-electron chi connectivity index (χ3n) is 6.83. The molecule has 7 nitrogen and oxygen atoms in total. The summed E-state index contributed by atoms with van der Waals surface area (Å²) in [6.45, 7) is 1.82. The molecule has 0 radical (unpaired) electrons. The molecule has 0 atom stereocenters. The van der Waals surface area contributed by atoms with E-state index < -0.39 is 11.7 Å². The summed E-state index contributed by atoms with van der Waals surface area (Å²) in [6.07, 6.45) is 1.01. The first kappa shape index (κ1) is 25.8. The first-order valence-corrected chi connectivity index (χ1v) is 12.5. The number of alkyl halides is 3. The van der Waals surface area contributed by atoms with Crippen LogP contribution in [0.4, 0.5) is 19.0 Å². The van der Waals surface area contributed by atoms with Crippen LogP contribution < -0.4 is 9.64 Å². The molecule has 1 saturated heterocycles. The topological polar surface area (TPSA) is 79.9 Å². The van der Waals surface area contributed by atoms with Crippen molar-refractivity contribution in [2.45, 2.75) is 25.4 Å². The number of anilines is 1. The fourth-order valence-corrected chi connectivity index (χ4v) is 4.84. The van der Waals surface area contributed by atoms with Gasteiger partial charge in [-0.3, -0.25) is 0 Å². The number of ether oxygens (including phenoxy) is 1. The van der Waals surface area contributed by atoms with Crippen LogP contribution in [-0.4, -0.2) is 39.2 Å². The number of pyridine rings is 2. The Labute approximate surface area is 222 Å². The third kappa shape index (κ3) is 5.38. The van der Waals surface area contributed by atoms with Crippen molar-refractivity contribution in [3.63, 3.8) is 0 Å². The van der Waals surface area contributed by atoms with Gasteiger partial charge in [0.1, 0.15) is 23.2 Å². The monoisotopic (exact) mass is 540 g/mol. The van der Waals surface area contributed by atoms with Gasteiger partial charge in [0.15, 0.2) is 5.69 Å². The Morgan fingerprint density at radius 2 is 1.92 bits per heavy atom. The van der Waals surface area contributed by atoms with E-state index in [4.69, 9.17) is 16.3 Å². The van der Waals surface area contributed by atoms with Crippen LogP contribution in [0, 0.1) is 17.2 Å². The average Bonchev–Trinajstić information content (AvgIpc) is 3.29. The molecule has 3 aromatic heterocycles. The summed E-state index contributed by atoms with van der Waals surface area (Å²) in [5, 5.41) is 10.0. The maximum atomic E-state index is 14.0. The van der Waals surface area contributed by atoms with Crippen LogP contribution in [0.1, 0.15) is 30.5 Å². The van der Waals surface area contributed by atoms with Gasteiger partial charge in [-0.1, -0.05) is 11.6 Å². The van der Waals surface area contributed by atoms with Crippen LogP contribution in [-0.2, 0) is 13.2 Å². The van der Waals surface area contributed by atoms with Crippen molar-refractivity contribution in [2.75, 3.05) is 24.6 Å². The minimum Gasteiger partial charge on any atom is -0.493 e. The Kier molecular flexibility index (Phi) is 7.13. The summed E-state index contributed by atoms with van der Waals surface area (Å²) in [6, 6.07) is 11.2. The van der Waals surface area contributed by atoms with Gasteiger partial charge in [0.2, 0.25) is 0 Å². The van der Waals surface area contributed by atoms with E-state index in [2.05, 4.69) is 19.9 Å². The highest BCUT2D eigenvalue weighted by Crippen LogP contribution is 2.39. The van der Waals surface area contributed by atoms with Gasteiger partial charge in [-0.25, -0.2) is 15.0 Å². The summed E-state index contributed by atoms with van der Waals surface area (Å²) in [5.74, 6) is 1.01. The van der Waals surface area contributed by atoms with Crippen molar-refractivity contribution in [2.24, 2.45) is 13.0 Å². The molecule has 1 aromatic carbocycles. The first-order valence-electron chi connectivity index (χ1n) is 12.2. The predicted molar refractivity (Wildman–Crippen MR) is 138 cm³/mol. The molecule has 11 heteroatoms. The van der Waals surface area contributed by atoms with E-state index in [1.165, 1.54) is 18.5 Å². The number of benzene rings is 1. The molecule has 0 bridgehead atoms. The van der Waals surface area contributed by atoms with Gasteiger partial charge in [-0.05, 0) is 61.6 Å². The number of imidazole rings is 1. The molecule has 1 aliphatic heterocycles. The van der Waals surface area contributed by atoms with Crippen LogP contribution in [0.2, 0.25) is 5.02 Å². The lowest BCUT2D eigenvalue weighted by molar-refractivity contribution is -0.138. The average molecular weight is 541 g/mol. The second kappa shape index (κ2) is 10.5. The second-order valence-corrected chi connectivity index (χ2v) is 9.74. The number of nitrogens with zero attached hydrogens (tertiary/aromatic N) is 6. The summed E-state index contributed by atoms with van der Waals surface area (Å²) in [4.78, 5) is 14.9. The lowest BCUT2D eigenvalue weighted by atomic mass is 9.94. The molecule has 0 N–H and O–H groups in total. The number of aryl methyl sites for hydroxylation is 1. The fraction of sp³-hybridized carbons (Fsp3) is 0.333. The van der Waals surface area contributed by atoms with E-state index in [-0.39, 0.29) is 29.3 Å². The number of aromatic nitrogens is 4. The Hall–Kier alpha value is -3.84. The van der Waals surface area contributed by atoms with Crippen molar-refractivity contribution in [1.29, 1.82) is 5.26 Å². The minimum absolute atomic E-state index is 0.0601. The standard InChI is InChI=1S/C27H24ClF3N6O/c1-36-16-34-26-22(14-32)35-21(13-23(26)36)18-2-4-24(20(12-18)27(29,30)31)38-11-8-17-6-9-37(10-7-17)25-5-3-19(28)15-33-25/h2-5,12-13,15-17H,6-11H2,1H3. The van der Waals surface area contributed by atoms with Crippen LogP contribution in [0.3, 0.4) is 0 Å². The Bertz CT molecular complexity index is 1490. The van der Waals surface area contributed by atoms with Gasteiger partial charge in [0.25, 0.3) is 0 Å². The van der Waals surface area contributed by atoms with Gasteiger partial charge in [0, 0.05) is 31.9 Å². The van der Waals surface area contributed by atoms with Gasteiger partial charge in [0.05, 0.1) is 34.7 Å². The van der Waals surface area contributed by atoms with E-state index in [0.717, 1.165) is 37.8 Å². The van der Waals surface area contributed by atoms with Gasteiger partial charge >= 0.3 is 6.18 Å². The Morgan fingerprint density at radius 1 is 1.13 bits per heavy atom. The SMILES string of the molecule is Cn1cnc2c(C#N)nc(-c3ccc(OCCC4CCN(c5ccc(Cl)cn5)CC4)c(C(F)(F)F)c3)cc21. The zero-order valence-corrected chi connectivity index (χ0v) is 21.3. The maximum Gasteiger partial charge on any atom is 0.419 e. The lowest BCUT2D eigenvalue weighted by Crippen LogP contribution is -2.34.